The summed E-state index contributed by atoms with van der Waals surface area (Å²) in [4.78, 5) is 31.0. The van der Waals surface area contributed by atoms with Gasteiger partial charge >= 0.3 is 0 Å². The lowest BCUT2D eigenvalue weighted by Gasteiger charge is -2.42. The van der Waals surface area contributed by atoms with Crippen LogP contribution in [0.15, 0.2) is 30.3 Å². The smallest absolute Gasteiger partial charge is 0.236 e. The number of hydrogen-bond acceptors (Lipinski definition) is 10. The zero-order valence-electron chi connectivity index (χ0n) is 24.7. The fraction of sp³-hybridized carbons (Fsp3) is 0.433. The molecule has 2 fully saturated rings. The molecule has 0 radical (unpaired) electrons. The monoisotopic (exact) mass is 603 g/mol. The summed E-state index contributed by atoms with van der Waals surface area (Å²) in [6, 6.07) is 10.4. The number of carbonyl (C=O) groups is 1. The topological polar surface area (TPSA) is 117 Å². The number of nitriles is 1. The van der Waals surface area contributed by atoms with E-state index >= 15 is 0 Å². The van der Waals surface area contributed by atoms with Crippen LogP contribution in [0, 0.1) is 24.1 Å². The first-order chi connectivity index (χ1) is 20.7. The second-order valence-corrected chi connectivity index (χ2v) is 12.2. The molecule has 5 heterocycles. The molecule has 13 heteroatoms. The van der Waals surface area contributed by atoms with E-state index in [1.54, 1.807) is 17.0 Å². The first-order valence-corrected chi connectivity index (χ1v) is 15.2. The van der Waals surface area contributed by atoms with Crippen molar-refractivity contribution in [1.29, 1.82) is 5.26 Å². The fourth-order valence-electron chi connectivity index (χ4n) is 5.80. The quantitative estimate of drug-likeness (QED) is 0.340. The average molecular weight is 604 g/mol. The highest BCUT2D eigenvalue weighted by atomic mass is 32.1. The van der Waals surface area contributed by atoms with Gasteiger partial charge in [-0.3, -0.25) is 9.69 Å². The molecule has 2 aliphatic rings. The lowest BCUT2D eigenvalue weighted by atomic mass is 10.1. The van der Waals surface area contributed by atoms with Crippen LogP contribution in [0.25, 0.3) is 16.9 Å². The molecule has 6 rings (SSSR count). The van der Waals surface area contributed by atoms with Gasteiger partial charge in [-0.25, -0.2) is 18.9 Å². The third kappa shape index (κ3) is 5.42. The van der Waals surface area contributed by atoms with Gasteiger partial charge in [0.2, 0.25) is 5.91 Å². The van der Waals surface area contributed by atoms with Crippen LogP contribution in [0.2, 0.25) is 0 Å². The van der Waals surface area contributed by atoms with Gasteiger partial charge in [0.05, 0.1) is 18.3 Å². The van der Waals surface area contributed by atoms with Gasteiger partial charge in [0.15, 0.2) is 10.8 Å². The third-order valence-electron chi connectivity index (χ3n) is 8.17. The first kappa shape index (κ1) is 29.0. The molecule has 43 heavy (non-hydrogen) atoms. The summed E-state index contributed by atoms with van der Waals surface area (Å²) in [5.74, 6) is 0.558. The summed E-state index contributed by atoms with van der Waals surface area (Å²) in [6.45, 7) is 9.57. The Kier molecular flexibility index (Phi) is 7.76. The molecule has 2 saturated heterocycles. The van der Waals surface area contributed by atoms with Crippen LogP contribution in [0.1, 0.15) is 30.1 Å². The number of aromatic nitrogens is 4. The number of aliphatic hydroxyl groups excluding tert-OH is 1. The lowest BCUT2D eigenvalue weighted by molar-refractivity contribution is -0.142. The number of aliphatic hydroxyl groups is 1. The Bertz CT molecular complexity index is 1710. The number of fused-ring (bicyclic) bond motifs is 1. The fourth-order valence-corrected chi connectivity index (χ4v) is 6.66. The number of anilines is 3. The molecule has 1 atom stereocenters. The van der Waals surface area contributed by atoms with E-state index in [0.717, 1.165) is 42.5 Å². The Labute approximate surface area is 253 Å². The number of β-amino-alcohol motifs (C(OH)–C–C–N with tert-alkyl or cyclic N) is 1. The van der Waals surface area contributed by atoms with Crippen molar-refractivity contribution >= 4 is 39.5 Å². The van der Waals surface area contributed by atoms with E-state index in [1.165, 1.54) is 23.5 Å². The third-order valence-corrected chi connectivity index (χ3v) is 9.21. The van der Waals surface area contributed by atoms with E-state index in [4.69, 9.17) is 15.1 Å². The van der Waals surface area contributed by atoms with Crippen molar-refractivity contribution in [3.63, 3.8) is 0 Å². The maximum Gasteiger partial charge on any atom is 0.236 e. The van der Waals surface area contributed by atoms with Crippen molar-refractivity contribution in [3.8, 4) is 17.3 Å². The number of amides is 1. The number of likely N-dealkylation sites (tertiary alicyclic amines) is 1. The molecule has 1 N–H and O–H groups in total. The van der Waals surface area contributed by atoms with E-state index in [2.05, 4.69) is 22.8 Å². The number of hydrogen-bond donors (Lipinski definition) is 1. The van der Waals surface area contributed by atoms with Crippen molar-refractivity contribution in [2.45, 2.75) is 39.3 Å². The number of benzene rings is 1. The molecule has 224 valence electrons. The Morgan fingerprint density at radius 2 is 1.95 bits per heavy atom. The maximum atomic E-state index is 13.5. The minimum atomic E-state index is -0.398. The molecule has 0 spiro atoms. The minimum Gasteiger partial charge on any atom is -0.389 e. The lowest BCUT2D eigenvalue weighted by Crippen LogP contribution is -2.58. The molecule has 1 aromatic carbocycles. The van der Waals surface area contributed by atoms with Gasteiger partial charge in [0, 0.05) is 63.1 Å². The Morgan fingerprint density at radius 1 is 1.21 bits per heavy atom. The van der Waals surface area contributed by atoms with E-state index in [0.29, 0.717) is 53.0 Å². The van der Waals surface area contributed by atoms with Gasteiger partial charge in [-0.05, 0) is 44.5 Å². The highest BCUT2D eigenvalue weighted by molar-refractivity contribution is 7.16. The van der Waals surface area contributed by atoms with E-state index < -0.39 is 6.10 Å². The summed E-state index contributed by atoms with van der Waals surface area (Å²) in [5, 5.41) is 24.9. The predicted octanol–water partition coefficient (Wildman–Crippen LogP) is 3.22. The Morgan fingerprint density at radius 3 is 2.60 bits per heavy atom. The SMILES string of the molecule is CCc1nn2c(C)cc(N3CCN(CC(=O)N4CC(O)C4)C[C@@H]3C)nc2c1N(C)c1nc(-c2ccc(F)cc2)c(C#N)s1. The number of piperazine rings is 1. The van der Waals surface area contributed by atoms with E-state index in [9.17, 15) is 19.6 Å². The van der Waals surface area contributed by atoms with Crippen LogP contribution in [0.4, 0.5) is 21.0 Å². The number of nitrogens with zero attached hydrogens (tertiary/aromatic N) is 9. The number of aryl methyl sites for hydroxylation is 2. The molecule has 3 aromatic heterocycles. The normalized spacial score (nSPS) is 17.7. The van der Waals surface area contributed by atoms with Crippen molar-refractivity contribution in [2.24, 2.45) is 0 Å². The van der Waals surface area contributed by atoms with Crippen molar-refractivity contribution in [2.75, 3.05) is 56.1 Å². The summed E-state index contributed by atoms with van der Waals surface area (Å²) in [5.41, 5.74) is 4.53. The summed E-state index contributed by atoms with van der Waals surface area (Å²) < 4.78 is 15.4. The molecule has 0 aliphatic carbocycles. The van der Waals surface area contributed by atoms with Gasteiger partial charge in [0.25, 0.3) is 0 Å². The molecule has 2 aliphatic heterocycles. The van der Waals surface area contributed by atoms with Crippen LogP contribution in [-0.2, 0) is 11.2 Å². The Balaban J connectivity index is 1.29. The molecule has 0 saturated carbocycles. The van der Waals surface area contributed by atoms with Crippen molar-refractivity contribution in [1.82, 2.24) is 29.4 Å². The molecule has 11 nitrogen and oxygen atoms in total. The highest BCUT2D eigenvalue weighted by Gasteiger charge is 2.32. The first-order valence-electron chi connectivity index (χ1n) is 14.4. The standard InChI is InChI=1S/C30H34FN9O2S/c1-5-23-28(36(4)30-34-27(24(13-32)43-30)20-6-8-21(31)9-7-20)29-33-25(12-18(2)40(29)35-23)39-11-10-37(14-19(39)3)17-26(42)38-15-22(41)16-38/h6-9,12,19,22,41H,5,10-11,14-17H2,1-4H3/t19-/m0/s1. The predicted molar refractivity (Wildman–Crippen MR) is 163 cm³/mol. The molecular weight excluding hydrogens is 569 g/mol. The zero-order chi connectivity index (χ0) is 30.4. The maximum absolute atomic E-state index is 13.5. The van der Waals surface area contributed by atoms with Crippen LogP contribution >= 0.6 is 11.3 Å². The Hall–Kier alpha value is -4.12. The summed E-state index contributed by atoms with van der Waals surface area (Å²) in [6.07, 6.45) is 0.279. The van der Waals surface area contributed by atoms with Gasteiger partial charge < -0.3 is 19.8 Å². The van der Waals surface area contributed by atoms with Crippen LogP contribution in [0.3, 0.4) is 0 Å². The van der Waals surface area contributed by atoms with Gasteiger partial charge in [-0.2, -0.15) is 10.4 Å². The average Bonchev–Trinajstić information content (AvgIpc) is 3.58. The van der Waals surface area contributed by atoms with Crippen molar-refractivity contribution in [3.05, 3.63) is 52.4 Å². The summed E-state index contributed by atoms with van der Waals surface area (Å²) >= 11 is 1.28. The van der Waals surface area contributed by atoms with E-state index in [-0.39, 0.29) is 17.8 Å². The zero-order valence-corrected chi connectivity index (χ0v) is 25.5. The molecular formula is C30H34FN9O2S. The van der Waals surface area contributed by atoms with E-state index in [1.807, 2.05) is 36.4 Å². The van der Waals surface area contributed by atoms with Gasteiger partial charge in [-0.1, -0.05) is 18.3 Å². The number of thiazole rings is 1. The highest BCUT2D eigenvalue weighted by Crippen LogP contribution is 2.38. The summed E-state index contributed by atoms with van der Waals surface area (Å²) in [7, 11) is 1.91. The minimum absolute atomic E-state index is 0.0599. The molecule has 1 amide bonds. The number of carbonyl (C=O) groups excluding carboxylic acids is 1. The molecule has 0 unspecified atom stereocenters. The van der Waals surface area contributed by atoms with Crippen LogP contribution in [0.5, 0.6) is 0 Å². The largest absolute Gasteiger partial charge is 0.389 e. The second-order valence-electron chi connectivity index (χ2n) is 11.2. The van der Waals surface area contributed by atoms with Crippen molar-refractivity contribution < 1.29 is 14.3 Å². The van der Waals surface area contributed by atoms with Gasteiger partial charge in [-0.15, -0.1) is 0 Å². The molecule has 0 bridgehead atoms. The van der Waals surface area contributed by atoms with Crippen LogP contribution < -0.4 is 9.80 Å². The van der Waals surface area contributed by atoms with Crippen LogP contribution in [-0.4, -0.2) is 98.9 Å². The second kappa shape index (κ2) is 11.5. The number of halogens is 1. The van der Waals surface area contributed by atoms with Gasteiger partial charge in [0.1, 0.15) is 34.0 Å². The number of rotatable bonds is 7. The molecule has 4 aromatic rings.